The van der Waals surface area contributed by atoms with E-state index in [0.717, 1.165) is 16.6 Å². The minimum atomic E-state index is -0.0593. The zero-order valence-corrected chi connectivity index (χ0v) is 17.4. The van der Waals surface area contributed by atoms with E-state index in [9.17, 15) is 9.59 Å². The van der Waals surface area contributed by atoms with Crippen molar-refractivity contribution in [2.45, 2.75) is 26.8 Å². The van der Waals surface area contributed by atoms with Gasteiger partial charge in [0.1, 0.15) is 5.75 Å². The summed E-state index contributed by atoms with van der Waals surface area (Å²) < 4.78 is 7.45. The number of aromatic amines is 1. The molecule has 3 aromatic carbocycles. The first-order chi connectivity index (χ1) is 14.4. The second kappa shape index (κ2) is 6.46. The van der Waals surface area contributed by atoms with Crippen LogP contribution in [0.4, 0.5) is 0 Å². The Balaban J connectivity index is 2.04. The molecule has 0 saturated carbocycles. The minimum Gasteiger partial charge on any atom is -0.497 e. The summed E-state index contributed by atoms with van der Waals surface area (Å²) >= 11 is 0. The Bertz CT molecular complexity index is 1610. The summed E-state index contributed by atoms with van der Waals surface area (Å²) in [5, 5.41) is 2.47. The van der Waals surface area contributed by atoms with E-state index in [1.165, 1.54) is 0 Å². The lowest BCUT2D eigenvalue weighted by Gasteiger charge is -2.20. The number of nitrogens with one attached hydrogen (secondary N) is 1. The highest BCUT2D eigenvalue weighted by Gasteiger charge is 2.17. The number of ether oxygens (including phenoxy) is 1. The number of para-hydroxylation sites is 1. The van der Waals surface area contributed by atoms with Crippen molar-refractivity contribution < 1.29 is 4.74 Å². The molecule has 2 aromatic heterocycles. The SMILES string of the molecule is COc1ccc2c(=O)c3cc4c(cc3[nH]c2c1)c(=O)c1cccc(C)c1n4C(C)C. The van der Waals surface area contributed by atoms with Gasteiger partial charge < -0.3 is 14.3 Å². The average Bonchev–Trinajstić information content (AvgIpc) is 2.73. The smallest absolute Gasteiger partial charge is 0.197 e. The molecule has 5 heteroatoms. The maximum absolute atomic E-state index is 13.4. The molecule has 0 aliphatic heterocycles. The Morgan fingerprint density at radius 2 is 1.60 bits per heavy atom. The van der Waals surface area contributed by atoms with Gasteiger partial charge in [-0.1, -0.05) is 12.1 Å². The van der Waals surface area contributed by atoms with Crippen LogP contribution in [0.5, 0.6) is 5.75 Å². The van der Waals surface area contributed by atoms with E-state index in [-0.39, 0.29) is 16.9 Å². The van der Waals surface area contributed by atoms with Crippen LogP contribution in [0.1, 0.15) is 25.5 Å². The summed E-state index contributed by atoms with van der Waals surface area (Å²) in [6, 6.07) is 15.0. The summed E-state index contributed by atoms with van der Waals surface area (Å²) in [6.07, 6.45) is 0. The highest BCUT2D eigenvalue weighted by atomic mass is 16.5. The summed E-state index contributed by atoms with van der Waals surface area (Å²) in [4.78, 5) is 30.0. The zero-order chi connectivity index (χ0) is 21.2. The monoisotopic (exact) mass is 398 g/mol. The van der Waals surface area contributed by atoms with Gasteiger partial charge in [-0.3, -0.25) is 9.59 Å². The normalized spacial score (nSPS) is 11.9. The molecule has 5 rings (SSSR count). The van der Waals surface area contributed by atoms with Gasteiger partial charge in [-0.05, 0) is 56.7 Å². The number of hydrogen-bond acceptors (Lipinski definition) is 3. The molecule has 5 aromatic rings. The van der Waals surface area contributed by atoms with E-state index >= 15 is 0 Å². The lowest BCUT2D eigenvalue weighted by Crippen LogP contribution is -2.15. The standard InChI is InChI=1S/C25H22N2O3/c1-13(2)27-22-12-18-21(26-20-10-15(30-4)8-9-16(20)24(18)28)11-19(22)25(29)17-7-5-6-14(3)23(17)27/h5-13H,1-4H3,(H,26,28). The highest BCUT2D eigenvalue weighted by molar-refractivity contribution is 6.03. The van der Waals surface area contributed by atoms with Crippen molar-refractivity contribution in [1.82, 2.24) is 9.55 Å². The summed E-state index contributed by atoms with van der Waals surface area (Å²) in [6.45, 7) is 6.20. The Hall–Kier alpha value is -3.60. The lowest BCUT2D eigenvalue weighted by molar-refractivity contribution is 0.415. The largest absolute Gasteiger partial charge is 0.497 e. The van der Waals surface area contributed by atoms with E-state index in [1.54, 1.807) is 25.3 Å². The van der Waals surface area contributed by atoms with Gasteiger partial charge >= 0.3 is 0 Å². The highest BCUT2D eigenvalue weighted by Crippen LogP contribution is 2.29. The van der Waals surface area contributed by atoms with Crippen LogP contribution in [0.2, 0.25) is 0 Å². The van der Waals surface area contributed by atoms with E-state index in [1.807, 2.05) is 37.3 Å². The van der Waals surface area contributed by atoms with E-state index in [4.69, 9.17) is 4.74 Å². The second-order valence-electron chi connectivity index (χ2n) is 8.04. The molecule has 0 atom stereocenters. The Labute approximate surface area is 172 Å². The maximum atomic E-state index is 13.4. The van der Waals surface area contributed by atoms with Crippen molar-refractivity contribution in [3.63, 3.8) is 0 Å². The predicted molar refractivity (Wildman–Crippen MR) is 123 cm³/mol. The topological polar surface area (TPSA) is 64.1 Å². The van der Waals surface area contributed by atoms with Gasteiger partial charge in [-0.15, -0.1) is 0 Å². The van der Waals surface area contributed by atoms with Gasteiger partial charge in [0.25, 0.3) is 0 Å². The van der Waals surface area contributed by atoms with E-state index in [0.29, 0.717) is 38.3 Å². The molecule has 5 nitrogen and oxygen atoms in total. The minimum absolute atomic E-state index is 0.0194. The third-order valence-corrected chi connectivity index (χ3v) is 5.87. The number of methoxy groups -OCH3 is 1. The first-order valence-electron chi connectivity index (χ1n) is 10.0. The van der Waals surface area contributed by atoms with Crippen LogP contribution in [0.3, 0.4) is 0 Å². The number of hydrogen-bond donors (Lipinski definition) is 1. The summed E-state index contributed by atoms with van der Waals surface area (Å²) in [5.74, 6) is 0.668. The number of aromatic nitrogens is 2. The lowest BCUT2D eigenvalue weighted by atomic mass is 10.0. The van der Waals surface area contributed by atoms with Crippen molar-refractivity contribution in [1.29, 1.82) is 0 Å². The number of benzene rings is 3. The number of pyridine rings is 2. The molecule has 150 valence electrons. The third kappa shape index (κ3) is 2.48. The molecule has 0 spiro atoms. The van der Waals surface area contributed by atoms with Gasteiger partial charge in [-0.2, -0.15) is 0 Å². The van der Waals surface area contributed by atoms with Crippen molar-refractivity contribution in [3.05, 3.63) is 74.5 Å². The second-order valence-corrected chi connectivity index (χ2v) is 8.04. The van der Waals surface area contributed by atoms with Crippen LogP contribution in [0, 0.1) is 6.92 Å². The number of H-pyrrole nitrogens is 1. The van der Waals surface area contributed by atoms with E-state index in [2.05, 4.69) is 23.4 Å². The van der Waals surface area contributed by atoms with Crippen molar-refractivity contribution >= 4 is 43.6 Å². The molecule has 1 N–H and O–H groups in total. The van der Waals surface area contributed by atoms with Crippen molar-refractivity contribution in [2.75, 3.05) is 7.11 Å². The third-order valence-electron chi connectivity index (χ3n) is 5.87. The molecule has 0 radical (unpaired) electrons. The Kier molecular flexibility index (Phi) is 3.97. The molecule has 0 saturated heterocycles. The zero-order valence-electron chi connectivity index (χ0n) is 17.4. The van der Waals surface area contributed by atoms with Crippen LogP contribution in [0.25, 0.3) is 43.6 Å². The summed E-state index contributed by atoms with van der Waals surface area (Å²) in [7, 11) is 1.59. The Morgan fingerprint density at radius 1 is 0.867 bits per heavy atom. The number of nitrogens with zero attached hydrogens (tertiary/aromatic N) is 1. The molecule has 2 heterocycles. The van der Waals surface area contributed by atoms with Gasteiger partial charge in [0.15, 0.2) is 10.9 Å². The van der Waals surface area contributed by atoms with Gasteiger partial charge in [0.05, 0.1) is 29.2 Å². The van der Waals surface area contributed by atoms with Crippen molar-refractivity contribution in [2.24, 2.45) is 0 Å². The van der Waals surface area contributed by atoms with Crippen LogP contribution in [0.15, 0.2) is 58.1 Å². The van der Waals surface area contributed by atoms with Gasteiger partial charge in [0.2, 0.25) is 0 Å². The fourth-order valence-corrected chi connectivity index (χ4v) is 4.47. The molecule has 0 amide bonds. The first kappa shape index (κ1) is 18.4. The molecular weight excluding hydrogens is 376 g/mol. The molecule has 0 unspecified atom stereocenters. The van der Waals surface area contributed by atoms with Gasteiger partial charge in [0, 0.05) is 33.7 Å². The number of rotatable bonds is 2. The Morgan fingerprint density at radius 3 is 2.33 bits per heavy atom. The fourth-order valence-electron chi connectivity index (χ4n) is 4.47. The molecule has 0 fully saturated rings. The van der Waals surface area contributed by atoms with Crippen LogP contribution < -0.4 is 15.6 Å². The number of fused-ring (bicyclic) bond motifs is 4. The quantitative estimate of drug-likeness (QED) is 0.423. The van der Waals surface area contributed by atoms with Crippen molar-refractivity contribution in [3.8, 4) is 5.75 Å². The average molecular weight is 398 g/mol. The van der Waals surface area contributed by atoms with Crippen LogP contribution in [-0.2, 0) is 0 Å². The van der Waals surface area contributed by atoms with E-state index < -0.39 is 0 Å². The maximum Gasteiger partial charge on any atom is 0.197 e. The van der Waals surface area contributed by atoms with Gasteiger partial charge in [-0.25, -0.2) is 0 Å². The predicted octanol–water partition coefficient (Wildman–Crippen LogP) is 5.05. The number of aryl methyl sites for hydroxylation is 1. The molecular formula is C25H22N2O3. The summed E-state index contributed by atoms with van der Waals surface area (Å²) in [5.41, 5.74) is 4.00. The molecule has 0 aliphatic carbocycles. The van der Waals surface area contributed by atoms with Crippen LogP contribution in [-0.4, -0.2) is 16.7 Å². The first-order valence-corrected chi connectivity index (χ1v) is 10.0. The fraction of sp³-hybridized carbons (Fsp3) is 0.200. The molecule has 30 heavy (non-hydrogen) atoms. The van der Waals surface area contributed by atoms with Crippen LogP contribution >= 0.6 is 0 Å². The molecule has 0 bridgehead atoms. The molecule has 0 aliphatic rings.